The van der Waals surface area contributed by atoms with Crippen LogP contribution in [0.25, 0.3) is 0 Å². The first-order chi connectivity index (χ1) is 4.35. The van der Waals surface area contributed by atoms with Crippen molar-refractivity contribution in [2.45, 2.75) is 38.8 Å². The predicted octanol–water partition coefficient (Wildman–Crippen LogP) is 2.47. The van der Waals surface area contributed by atoms with Crippen molar-refractivity contribution < 1.29 is 0 Å². The molecule has 0 aromatic rings. The van der Waals surface area contributed by atoms with Gasteiger partial charge >= 0.3 is 0 Å². The van der Waals surface area contributed by atoms with Crippen molar-refractivity contribution in [1.82, 2.24) is 0 Å². The third kappa shape index (κ3) is 4.29. The van der Waals surface area contributed by atoms with E-state index in [9.17, 15) is 0 Å². The van der Waals surface area contributed by atoms with Gasteiger partial charge < -0.3 is 0 Å². The minimum absolute atomic E-state index is 0.358. The maximum atomic E-state index is 5.34. The molecule has 0 rings (SSSR count). The Kier molecular flexibility index (Phi) is 5.76. The zero-order valence-corrected chi connectivity index (χ0v) is 7.41. The monoisotopic (exact) mass is 139 g/mol. The van der Waals surface area contributed by atoms with Crippen molar-refractivity contribution in [1.29, 1.82) is 0 Å². The summed E-state index contributed by atoms with van der Waals surface area (Å²) in [7, 11) is -0.358. The van der Waals surface area contributed by atoms with Crippen molar-refractivity contribution >= 4 is 8.80 Å². The molecule has 0 amide bonds. The summed E-state index contributed by atoms with van der Waals surface area (Å²) in [6.07, 6.45) is 7.86. The minimum atomic E-state index is -0.358. The summed E-state index contributed by atoms with van der Waals surface area (Å²) in [6.45, 7) is 4.41. The van der Waals surface area contributed by atoms with Gasteiger partial charge in [0.1, 0.15) is 8.80 Å². The van der Waals surface area contributed by atoms with Crippen LogP contribution in [0.15, 0.2) is 0 Å². The molecule has 0 heterocycles. The Morgan fingerprint density at radius 3 is 1.89 bits per heavy atom. The number of rotatable bonds is 4. The van der Waals surface area contributed by atoms with Gasteiger partial charge in [0, 0.05) is 0 Å². The molecule has 51 valence electrons. The summed E-state index contributed by atoms with van der Waals surface area (Å²) in [5.41, 5.74) is 2.91. The van der Waals surface area contributed by atoms with E-state index in [0.717, 1.165) is 0 Å². The summed E-state index contributed by atoms with van der Waals surface area (Å²) in [4.78, 5) is 0. The number of hydrogen-bond donors (Lipinski definition) is 0. The lowest BCUT2D eigenvalue weighted by Gasteiger charge is -2.01. The highest BCUT2D eigenvalue weighted by Gasteiger charge is 2.03. The van der Waals surface area contributed by atoms with Crippen molar-refractivity contribution in [3.8, 4) is 12.0 Å². The van der Waals surface area contributed by atoms with Gasteiger partial charge in [-0.3, -0.25) is 0 Å². The van der Waals surface area contributed by atoms with E-state index >= 15 is 0 Å². The normalized spacial score (nSPS) is 9.56. The average molecular weight is 139 g/mol. The van der Waals surface area contributed by atoms with Gasteiger partial charge in [0.2, 0.25) is 0 Å². The van der Waals surface area contributed by atoms with Crippen molar-refractivity contribution in [3.05, 3.63) is 0 Å². The van der Waals surface area contributed by atoms with E-state index in [1.807, 2.05) is 0 Å². The highest BCUT2D eigenvalue weighted by molar-refractivity contribution is 6.67. The molecular weight excluding hydrogens is 124 g/mol. The second kappa shape index (κ2) is 5.91. The molecule has 1 heteroatoms. The van der Waals surface area contributed by atoms with Crippen LogP contribution in [0.3, 0.4) is 0 Å². The van der Waals surface area contributed by atoms with E-state index in [1.165, 1.54) is 24.9 Å². The van der Waals surface area contributed by atoms with Gasteiger partial charge in [-0.2, -0.15) is 0 Å². The molecular formula is C8H15Si. The number of terminal acetylenes is 1. The molecule has 0 saturated heterocycles. The molecule has 1 radical (unpaired) electrons. The number of hydrogen-bond acceptors (Lipinski definition) is 0. The Balaban J connectivity index is 3.32. The molecule has 0 aromatic heterocycles. The Morgan fingerprint density at radius 1 is 1.22 bits per heavy atom. The summed E-state index contributed by atoms with van der Waals surface area (Å²) in [6, 6.07) is 2.60. The van der Waals surface area contributed by atoms with Crippen LogP contribution < -0.4 is 0 Å². The van der Waals surface area contributed by atoms with E-state index in [1.54, 1.807) is 0 Å². The second-order valence-electron chi connectivity index (χ2n) is 2.25. The molecule has 0 bridgehead atoms. The Bertz CT molecular complexity index is 85.2. The molecule has 0 aliphatic rings. The zero-order valence-electron chi connectivity index (χ0n) is 6.41. The quantitative estimate of drug-likeness (QED) is 0.414. The fourth-order valence-electron chi connectivity index (χ4n) is 0.873. The van der Waals surface area contributed by atoms with Gasteiger partial charge in [-0.15, -0.1) is 12.0 Å². The first-order valence-corrected chi connectivity index (χ1v) is 5.57. The molecule has 0 unspecified atom stereocenters. The van der Waals surface area contributed by atoms with E-state index in [2.05, 4.69) is 19.4 Å². The summed E-state index contributed by atoms with van der Waals surface area (Å²) >= 11 is 0. The largest absolute Gasteiger partial charge is 0.144 e. The van der Waals surface area contributed by atoms with Gasteiger partial charge in [0.15, 0.2) is 0 Å². The Labute approximate surface area is 60.3 Å². The van der Waals surface area contributed by atoms with Crippen LogP contribution in [-0.4, -0.2) is 8.80 Å². The van der Waals surface area contributed by atoms with E-state index in [-0.39, 0.29) is 8.80 Å². The van der Waals surface area contributed by atoms with Crippen LogP contribution >= 0.6 is 0 Å². The molecule has 0 nitrogen and oxygen atoms in total. The lowest BCUT2D eigenvalue weighted by Crippen LogP contribution is -2.07. The topological polar surface area (TPSA) is 0 Å². The molecule has 0 saturated carbocycles. The summed E-state index contributed by atoms with van der Waals surface area (Å²) < 4.78 is 0. The van der Waals surface area contributed by atoms with Crippen LogP contribution in [0.1, 0.15) is 26.7 Å². The van der Waals surface area contributed by atoms with Gasteiger partial charge in [-0.25, -0.2) is 0 Å². The maximum absolute atomic E-state index is 5.34. The molecule has 0 aliphatic carbocycles. The molecule has 0 N–H and O–H groups in total. The summed E-state index contributed by atoms with van der Waals surface area (Å²) in [5, 5.41) is 0. The Hall–Kier alpha value is -0.223. The molecule has 0 spiro atoms. The van der Waals surface area contributed by atoms with Gasteiger partial charge in [-0.05, 0) is 12.1 Å². The van der Waals surface area contributed by atoms with Crippen molar-refractivity contribution in [2.24, 2.45) is 0 Å². The second-order valence-corrected chi connectivity index (χ2v) is 4.74. The first kappa shape index (κ1) is 8.78. The maximum Gasteiger partial charge on any atom is 0.144 e. The highest BCUT2D eigenvalue weighted by atomic mass is 28.3. The van der Waals surface area contributed by atoms with E-state index in [0.29, 0.717) is 0 Å². The molecule has 0 aliphatic heterocycles. The third-order valence-electron chi connectivity index (χ3n) is 1.31. The SMILES string of the molecule is C#C[Si](CCC)CCC. The third-order valence-corrected chi connectivity index (χ3v) is 3.92. The highest BCUT2D eigenvalue weighted by Crippen LogP contribution is 2.03. The molecule has 9 heavy (non-hydrogen) atoms. The molecule has 0 aromatic carbocycles. The van der Waals surface area contributed by atoms with Crippen molar-refractivity contribution in [2.75, 3.05) is 0 Å². The molecule has 0 atom stereocenters. The summed E-state index contributed by atoms with van der Waals surface area (Å²) in [5.74, 6) is 0. The van der Waals surface area contributed by atoms with Crippen LogP contribution in [0.5, 0.6) is 0 Å². The zero-order chi connectivity index (χ0) is 7.11. The fourth-order valence-corrected chi connectivity index (χ4v) is 2.62. The van der Waals surface area contributed by atoms with E-state index < -0.39 is 0 Å². The molecule has 0 fully saturated rings. The van der Waals surface area contributed by atoms with Gasteiger partial charge in [0.05, 0.1) is 0 Å². The standard InChI is InChI=1S/C8H15Si/c1-4-7-9(6-3)8-5-2/h3H,4-5,7-8H2,1-2H3. The van der Waals surface area contributed by atoms with Gasteiger partial charge in [0.25, 0.3) is 0 Å². The lowest BCUT2D eigenvalue weighted by molar-refractivity contribution is 1.01. The fraction of sp³-hybridized carbons (Fsp3) is 0.750. The van der Waals surface area contributed by atoms with Crippen molar-refractivity contribution in [3.63, 3.8) is 0 Å². The van der Waals surface area contributed by atoms with Crippen LogP contribution in [0, 0.1) is 12.0 Å². The van der Waals surface area contributed by atoms with Crippen LogP contribution in [0.2, 0.25) is 12.1 Å². The lowest BCUT2D eigenvalue weighted by atomic mass is 10.6. The van der Waals surface area contributed by atoms with Crippen LogP contribution in [-0.2, 0) is 0 Å². The smallest absolute Gasteiger partial charge is 0.136 e. The Morgan fingerprint density at radius 2 is 1.67 bits per heavy atom. The van der Waals surface area contributed by atoms with E-state index in [4.69, 9.17) is 6.42 Å². The first-order valence-electron chi connectivity index (χ1n) is 3.66. The van der Waals surface area contributed by atoms with Gasteiger partial charge in [-0.1, -0.05) is 26.7 Å². The van der Waals surface area contributed by atoms with Crippen LogP contribution in [0.4, 0.5) is 0 Å². The minimum Gasteiger partial charge on any atom is -0.136 e. The predicted molar refractivity (Wildman–Crippen MR) is 44.8 cm³/mol. The average Bonchev–Trinajstić information content (AvgIpc) is 1.88.